The summed E-state index contributed by atoms with van der Waals surface area (Å²) in [5.41, 5.74) is 2.33. The summed E-state index contributed by atoms with van der Waals surface area (Å²) in [6.45, 7) is 0. The fourth-order valence-electron chi connectivity index (χ4n) is 1.89. The van der Waals surface area contributed by atoms with Crippen molar-refractivity contribution in [3.8, 4) is 11.8 Å². The maximum Gasteiger partial charge on any atom is 0.271 e. The van der Waals surface area contributed by atoms with E-state index < -0.39 is 0 Å². The Bertz CT molecular complexity index is 639. The molecule has 2 aromatic rings. The molecule has 0 bridgehead atoms. The van der Waals surface area contributed by atoms with Crippen molar-refractivity contribution in [3.63, 3.8) is 0 Å². The Morgan fingerprint density at radius 2 is 2.00 bits per heavy atom. The Labute approximate surface area is 98.1 Å². The summed E-state index contributed by atoms with van der Waals surface area (Å²) in [7, 11) is 0. The van der Waals surface area contributed by atoms with E-state index in [0.29, 0.717) is 11.5 Å². The summed E-state index contributed by atoms with van der Waals surface area (Å²) in [6, 6.07) is 10.7. The monoisotopic (exact) mass is 225 g/mol. The molecule has 1 fully saturated rings. The van der Waals surface area contributed by atoms with Crippen molar-refractivity contribution in [1.29, 1.82) is 5.26 Å². The molecule has 1 aromatic carbocycles. The second kappa shape index (κ2) is 3.63. The number of nitrogens with zero attached hydrogens (tertiary/aromatic N) is 2. The van der Waals surface area contributed by atoms with Crippen molar-refractivity contribution in [2.24, 2.45) is 0 Å². The second-order valence-electron chi connectivity index (χ2n) is 4.32. The Morgan fingerprint density at radius 1 is 1.29 bits per heavy atom. The van der Waals surface area contributed by atoms with Gasteiger partial charge in [-0.2, -0.15) is 5.26 Å². The molecule has 0 spiro atoms. The second-order valence-corrected chi connectivity index (χ2v) is 4.32. The molecule has 0 unspecified atom stereocenters. The summed E-state index contributed by atoms with van der Waals surface area (Å²) < 4.78 is 1.52. The lowest BCUT2D eigenvalue weighted by Gasteiger charge is -2.01. The minimum atomic E-state index is -0.0448. The topological polar surface area (TPSA) is 61.6 Å². The van der Waals surface area contributed by atoms with Crippen molar-refractivity contribution in [2.45, 2.75) is 18.8 Å². The van der Waals surface area contributed by atoms with Crippen LogP contribution < -0.4 is 5.56 Å². The molecule has 84 valence electrons. The first-order valence-corrected chi connectivity index (χ1v) is 5.60. The highest BCUT2D eigenvalue weighted by Crippen LogP contribution is 2.38. The van der Waals surface area contributed by atoms with E-state index in [-0.39, 0.29) is 5.56 Å². The zero-order valence-corrected chi connectivity index (χ0v) is 9.18. The van der Waals surface area contributed by atoms with Crippen molar-refractivity contribution in [3.05, 3.63) is 51.9 Å². The van der Waals surface area contributed by atoms with Crippen molar-refractivity contribution < 1.29 is 0 Å². The SMILES string of the molecule is N#Cc1ccc(-n2[nH]c(C3CC3)cc2=O)cc1. The van der Waals surface area contributed by atoms with Gasteiger partial charge < -0.3 is 0 Å². The summed E-state index contributed by atoms with van der Waals surface area (Å²) in [5, 5.41) is 11.8. The van der Waals surface area contributed by atoms with Crippen molar-refractivity contribution >= 4 is 0 Å². The van der Waals surface area contributed by atoms with Crippen LogP contribution in [0.15, 0.2) is 35.1 Å². The van der Waals surface area contributed by atoms with Gasteiger partial charge in [0.15, 0.2) is 0 Å². The average Bonchev–Trinajstić information content (AvgIpc) is 3.13. The van der Waals surface area contributed by atoms with Gasteiger partial charge in [-0.3, -0.25) is 9.89 Å². The lowest BCUT2D eigenvalue weighted by Crippen LogP contribution is -2.13. The van der Waals surface area contributed by atoms with Crippen LogP contribution in [0.1, 0.15) is 30.0 Å². The van der Waals surface area contributed by atoms with Crippen LogP contribution in [-0.2, 0) is 0 Å². The lowest BCUT2D eigenvalue weighted by molar-refractivity contribution is 0.816. The van der Waals surface area contributed by atoms with Crippen LogP contribution in [0.4, 0.5) is 0 Å². The van der Waals surface area contributed by atoms with E-state index in [4.69, 9.17) is 5.26 Å². The predicted molar refractivity (Wildman–Crippen MR) is 63.1 cm³/mol. The van der Waals surface area contributed by atoms with Crippen LogP contribution in [0.25, 0.3) is 5.69 Å². The number of aromatic amines is 1. The highest BCUT2D eigenvalue weighted by atomic mass is 16.1. The smallest absolute Gasteiger partial charge is 0.271 e. The first kappa shape index (κ1) is 9.91. The van der Waals surface area contributed by atoms with E-state index in [1.54, 1.807) is 30.3 Å². The molecule has 0 saturated heterocycles. The molecule has 4 nitrogen and oxygen atoms in total. The Morgan fingerprint density at radius 3 is 2.59 bits per heavy atom. The van der Waals surface area contributed by atoms with Gasteiger partial charge in [-0.15, -0.1) is 0 Å². The summed E-state index contributed by atoms with van der Waals surface area (Å²) in [5.74, 6) is 0.530. The summed E-state index contributed by atoms with van der Waals surface area (Å²) in [4.78, 5) is 11.8. The van der Waals surface area contributed by atoms with Crippen molar-refractivity contribution in [2.75, 3.05) is 0 Å². The first-order valence-electron chi connectivity index (χ1n) is 5.60. The van der Waals surface area contributed by atoms with Gasteiger partial charge >= 0.3 is 0 Å². The zero-order chi connectivity index (χ0) is 11.8. The molecule has 1 aromatic heterocycles. The minimum Gasteiger partial charge on any atom is -0.295 e. The number of H-pyrrole nitrogens is 1. The van der Waals surface area contributed by atoms with Gasteiger partial charge in [0.1, 0.15) is 0 Å². The molecular formula is C13H11N3O. The maximum atomic E-state index is 11.8. The van der Waals surface area contributed by atoms with Gasteiger partial charge in [0.05, 0.1) is 17.3 Å². The van der Waals surface area contributed by atoms with Gasteiger partial charge in [0.2, 0.25) is 0 Å². The molecule has 1 saturated carbocycles. The van der Waals surface area contributed by atoms with Crippen LogP contribution in [0.2, 0.25) is 0 Å². The van der Waals surface area contributed by atoms with Gasteiger partial charge in [0, 0.05) is 17.7 Å². The number of rotatable bonds is 2. The van der Waals surface area contributed by atoms with Gasteiger partial charge in [-0.05, 0) is 37.1 Å². The number of nitrogens with one attached hydrogen (secondary N) is 1. The summed E-state index contributed by atoms with van der Waals surface area (Å²) in [6.07, 6.45) is 2.32. The van der Waals surface area contributed by atoms with Gasteiger partial charge in [0.25, 0.3) is 5.56 Å². The Balaban J connectivity index is 2.02. The van der Waals surface area contributed by atoms with Crippen molar-refractivity contribution in [1.82, 2.24) is 9.78 Å². The number of hydrogen-bond acceptors (Lipinski definition) is 2. The van der Waals surface area contributed by atoms with Crippen LogP contribution in [-0.4, -0.2) is 9.78 Å². The average molecular weight is 225 g/mol. The van der Waals surface area contributed by atoms with E-state index in [1.807, 2.05) is 0 Å². The normalized spacial score (nSPS) is 14.5. The number of nitriles is 1. The third-order valence-electron chi connectivity index (χ3n) is 3.01. The molecule has 0 aliphatic heterocycles. The highest BCUT2D eigenvalue weighted by molar-refractivity contribution is 5.39. The fourth-order valence-corrected chi connectivity index (χ4v) is 1.89. The molecule has 0 amide bonds. The fraction of sp³-hybridized carbons (Fsp3) is 0.231. The van der Waals surface area contributed by atoms with E-state index in [9.17, 15) is 4.79 Å². The van der Waals surface area contributed by atoms with Crippen LogP contribution in [0.3, 0.4) is 0 Å². The van der Waals surface area contributed by atoms with E-state index in [2.05, 4.69) is 11.2 Å². The maximum absolute atomic E-state index is 11.8. The van der Waals surface area contributed by atoms with Crippen LogP contribution in [0.5, 0.6) is 0 Å². The number of hydrogen-bond donors (Lipinski definition) is 1. The molecule has 1 aliphatic rings. The molecule has 1 heterocycles. The van der Waals surface area contributed by atoms with Crippen LogP contribution in [0, 0.1) is 11.3 Å². The molecule has 1 aliphatic carbocycles. The molecule has 4 heteroatoms. The van der Waals surface area contributed by atoms with Gasteiger partial charge in [-0.25, -0.2) is 4.68 Å². The van der Waals surface area contributed by atoms with E-state index in [0.717, 1.165) is 24.2 Å². The summed E-state index contributed by atoms with van der Waals surface area (Å²) >= 11 is 0. The third kappa shape index (κ3) is 1.76. The number of benzene rings is 1. The van der Waals surface area contributed by atoms with Gasteiger partial charge in [-0.1, -0.05) is 0 Å². The molecule has 1 N–H and O–H groups in total. The minimum absolute atomic E-state index is 0.0448. The quantitative estimate of drug-likeness (QED) is 0.848. The predicted octanol–water partition coefficient (Wildman–Crippen LogP) is 1.91. The first-order chi connectivity index (χ1) is 8.28. The molecular weight excluding hydrogens is 214 g/mol. The molecule has 17 heavy (non-hydrogen) atoms. The largest absolute Gasteiger partial charge is 0.295 e. The molecule has 0 atom stereocenters. The number of aromatic nitrogens is 2. The highest BCUT2D eigenvalue weighted by Gasteiger charge is 2.26. The van der Waals surface area contributed by atoms with E-state index >= 15 is 0 Å². The Hall–Kier alpha value is -2.28. The lowest BCUT2D eigenvalue weighted by atomic mass is 10.2. The van der Waals surface area contributed by atoms with Crippen LogP contribution >= 0.6 is 0 Å². The third-order valence-corrected chi connectivity index (χ3v) is 3.01. The molecule has 3 rings (SSSR count). The zero-order valence-electron chi connectivity index (χ0n) is 9.18. The van der Waals surface area contributed by atoms with E-state index in [1.165, 1.54) is 4.68 Å². The Kier molecular flexibility index (Phi) is 2.12. The molecule has 0 radical (unpaired) electrons. The standard InChI is InChI=1S/C13H11N3O/c14-8-9-1-5-11(6-2-9)16-13(17)7-12(15-16)10-3-4-10/h1-2,5-7,10,15H,3-4H2.